The van der Waals surface area contributed by atoms with E-state index in [0.717, 1.165) is 12.1 Å². The van der Waals surface area contributed by atoms with Gasteiger partial charge in [0, 0.05) is 25.6 Å². The van der Waals surface area contributed by atoms with Gasteiger partial charge in [-0.3, -0.25) is 4.79 Å². The van der Waals surface area contributed by atoms with E-state index in [4.69, 9.17) is 15.2 Å². The van der Waals surface area contributed by atoms with E-state index in [1.54, 1.807) is 14.2 Å². The Morgan fingerprint density at radius 2 is 2.05 bits per heavy atom. The summed E-state index contributed by atoms with van der Waals surface area (Å²) >= 11 is 0. The van der Waals surface area contributed by atoms with Gasteiger partial charge in [0.1, 0.15) is 0 Å². The molecule has 5 heteroatoms. The second kappa shape index (κ2) is 6.13. The molecule has 0 aromatic heterocycles. The van der Waals surface area contributed by atoms with E-state index in [2.05, 4.69) is 6.92 Å². The molecule has 2 unspecified atom stereocenters. The number of hydrogen-bond acceptors (Lipinski definition) is 4. The fraction of sp³-hybridized carbons (Fsp3) is 0.533. The summed E-state index contributed by atoms with van der Waals surface area (Å²) in [6.45, 7) is 3.41. The Morgan fingerprint density at radius 1 is 1.35 bits per heavy atom. The lowest BCUT2D eigenvalue weighted by Gasteiger charge is -2.22. The van der Waals surface area contributed by atoms with Crippen molar-refractivity contribution in [1.82, 2.24) is 4.90 Å². The van der Waals surface area contributed by atoms with E-state index in [1.807, 2.05) is 23.1 Å². The minimum atomic E-state index is -0.218. The smallest absolute Gasteiger partial charge is 0.222 e. The predicted molar refractivity (Wildman–Crippen MR) is 76.8 cm³/mol. The Kier molecular flexibility index (Phi) is 4.49. The van der Waals surface area contributed by atoms with Crippen LogP contribution in [0.1, 0.15) is 24.9 Å². The molecular formula is C15H22N2O3. The van der Waals surface area contributed by atoms with Gasteiger partial charge in [0.25, 0.3) is 0 Å². The van der Waals surface area contributed by atoms with Crippen LogP contribution in [0.3, 0.4) is 0 Å². The van der Waals surface area contributed by atoms with Gasteiger partial charge < -0.3 is 20.1 Å². The molecule has 1 amide bonds. The van der Waals surface area contributed by atoms with Crippen LogP contribution in [0.25, 0.3) is 0 Å². The maximum Gasteiger partial charge on any atom is 0.222 e. The van der Waals surface area contributed by atoms with Gasteiger partial charge >= 0.3 is 0 Å². The van der Waals surface area contributed by atoms with Gasteiger partial charge in [-0.1, -0.05) is 13.0 Å². The summed E-state index contributed by atoms with van der Waals surface area (Å²) in [7, 11) is 3.20. The molecule has 1 aromatic carbocycles. The van der Waals surface area contributed by atoms with E-state index in [-0.39, 0.29) is 11.9 Å². The molecular weight excluding hydrogens is 256 g/mol. The van der Waals surface area contributed by atoms with Crippen LogP contribution in [-0.2, 0) is 4.79 Å². The SMILES string of the molecule is COc1ccc(C(N)CN2CC(C)CC2=O)cc1OC. The van der Waals surface area contributed by atoms with Gasteiger partial charge in [-0.15, -0.1) is 0 Å². The first-order valence-corrected chi connectivity index (χ1v) is 6.80. The van der Waals surface area contributed by atoms with Crippen molar-refractivity contribution in [3.63, 3.8) is 0 Å². The number of methoxy groups -OCH3 is 2. The summed E-state index contributed by atoms with van der Waals surface area (Å²) < 4.78 is 10.5. The van der Waals surface area contributed by atoms with Crippen molar-refractivity contribution >= 4 is 5.91 Å². The van der Waals surface area contributed by atoms with Crippen molar-refractivity contribution in [1.29, 1.82) is 0 Å². The maximum absolute atomic E-state index is 11.8. The van der Waals surface area contributed by atoms with Gasteiger partial charge in [0.2, 0.25) is 5.91 Å². The molecule has 1 fully saturated rings. The van der Waals surface area contributed by atoms with Gasteiger partial charge in [-0.2, -0.15) is 0 Å². The highest BCUT2D eigenvalue weighted by atomic mass is 16.5. The highest BCUT2D eigenvalue weighted by Gasteiger charge is 2.27. The fourth-order valence-corrected chi connectivity index (χ4v) is 2.57. The average molecular weight is 278 g/mol. The molecule has 0 radical (unpaired) electrons. The van der Waals surface area contributed by atoms with Crippen LogP contribution in [0.4, 0.5) is 0 Å². The minimum absolute atomic E-state index is 0.188. The van der Waals surface area contributed by atoms with E-state index in [1.165, 1.54) is 0 Å². The predicted octanol–water partition coefficient (Wildman–Crippen LogP) is 1.57. The maximum atomic E-state index is 11.8. The number of hydrogen-bond donors (Lipinski definition) is 1. The number of rotatable bonds is 5. The monoisotopic (exact) mass is 278 g/mol. The van der Waals surface area contributed by atoms with Crippen LogP contribution < -0.4 is 15.2 Å². The molecule has 2 atom stereocenters. The molecule has 110 valence electrons. The zero-order valence-electron chi connectivity index (χ0n) is 12.3. The molecule has 0 spiro atoms. The third-order valence-corrected chi connectivity index (χ3v) is 3.66. The number of carbonyl (C=O) groups is 1. The van der Waals surface area contributed by atoms with Crippen molar-refractivity contribution in [2.45, 2.75) is 19.4 Å². The molecule has 1 heterocycles. The number of likely N-dealkylation sites (tertiary alicyclic amines) is 1. The van der Waals surface area contributed by atoms with E-state index >= 15 is 0 Å². The standard InChI is InChI=1S/C15H22N2O3/c1-10-6-15(18)17(8-10)9-12(16)11-4-5-13(19-2)14(7-11)20-3/h4-5,7,10,12H,6,8-9,16H2,1-3H3. The Bertz CT molecular complexity index is 490. The van der Waals surface area contributed by atoms with Crippen molar-refractivity contribution in [2.24, 2.45) is 11.7 Å². The quantitative estimate of drug-likeness (QED) is 0.888. The van der Waals surface area contributed by atoms with Crippen LogP contribution in [0.5, 0.6) is 11.5 Å². The lowest BCUT2D eigenvalue weighted by atomic mass is 10.1. The Balaban J connectivity index is 2.09. The summed E-state index contributed by atoms with van der Waals surface area (Å²) in [5, 5.41) is 0. The molecule has 1 aliphatic heterocycles. The van der Waals surface area contributed by atoms with E-state index in [0.29, 0.717) is 30.4 Å². The Morgan fingerprint density at radius 3 is 2.60 bits per heavy atom. The molecule has 1 saturated heterocycles. The molecule has 2 N–H and O–H groups in total. The third kappa shape index (κ3) is 3.04. The number of carbonyl (C=O) groups excluding carboxylic acids is 1. The molecule has 0 aliphatic carbocycles. The summed E-state index contributed by atoms with van der Waals surface area (Å²) in [4.78, 5) is 13.6. The normalized spacial score (nSPS) is 20.1. The van der Waals surface area contributed by atoms with Crippen LogP contribution in [0.15, 0.2) is 18.2 Å². The van der Waals surface area contributed by atoms with E-state index in [9.17, 15) is 4.79 Å². The molecule has 0 saturated carbocycles. The topological polar surface area (TPSA) is 64.8 Å². The van der Waals surface area contributed by atoms with Gasteiger partial charge in [0.15, 0.2) is 11.5 Å². The van der Waals surface area contributed by atoms with Crippen LogP contribution in [0, 0.1) is 5.92 Å². The highest BCUT2D eigenvalue weighted by Crippen LogP contribution is 2.30. The van der Waals surface area contributed by atoms with Crippen molar-refractivity contribution in [3.05, 3.63) is 23.8 Å². The van der Waals surface area contributed by atoms with Crippen LogP contribution in [-0.4, -0.2) is 38.1 Å². The summed E-state index contributed by atoms with van der Waals surface area (Å²) in [5.41, 5.74) is 7.15. The highest BCUT2D eigenvalue weighted by molar-refractivity contribution is 5.78. The molecule has 2 rings (SSSR count). The number of amides is 1. The average Bonchev–Trinajstić information content (AvgIpc) is 2.75. The third-order valence-electron chi connectivity index (χ3n) is 3.66. The number of benzene rings is 1. The molecule has 1 aromatic rings. The number of nitrogens with zero attached hydrogens (tertiary/aromatic N) is 1. The first kappa shape index (κ1) is 14.7. The number of nitrogens with two attached hydrogens (primary N) is 1. The second-order valence-electron chi connectivity index (χ2n) is 5.33. The number of ether oxygens (including phenoxy) is 2. The first-order valence-electron chi connectivity index (χ1n) is 6.80. The van der Waals surface area contributed by atoms with Gasteiger partial charge in [-0.05, 0) is 23.6 Å². The Labute approximate surface area is 119 Å². The largest absolute Gasteiger partial charge is 0.493 e. The first-order chi connectivity index (χ1) is 9.55. The Hall–Kier alpha value is -1.75. The van der Waals surface area contributed by atoms with Gasteiger partial charge in [-0.25, -0.2) is 0 Å². The van der Waals surface area contributed by atoms with Crippen LogP contribution >= 0.6 is 0 Å². The van der Waals surface area contributed by atoms with Gasteiger partial charge in [0.05, 0.1) is 14.2 Å². The lowest BCUT2D eigenvalue weighted by molar-refractivity contribution is -0.127. The fourth-order valence-electron chi connectivity index (χ4n) is 2.57. The van der Waals surface area contributed by atoms with Crippen molar-refractivity contribution < 1.29 is 14.3 Å². The molecule has 20 heavy (non-hydrogen) atoms. The summed E-state index contributed by atoms with van der Waals surface area (Å²) in [6.07, 6.45) is 0.624. The molecule has 5 nitrogen and oxygen atoms in total. The van der Waals surface area contributed by atoms with Crippen LogP contribution in [0.2, 0.25) is 0 Å². The van der Waals surface area contributed by atoms with Crippen molar-refractivity contribution in [3.8, 4) is 11.5 Å². The van der Waals surface area contributed by atoms with E-state index < -0.39 is 0 Å². The minimum Gasteiger partial charge on any atom is -0.493 e. The molecule has 0 bridgehead atoms. The summed E-state index contributed by atoms with van der Waals surface area (Å²) in [5.74, 6) is 1.93. The zero-order valence-corrected chi connectivity index (χ0v) is 12.3. The molecule has 1 aliphatic rings. The summed E-state index contributed by atoms with van der Waals surface area (Å²) in [6, 6.07) is 5.40. The van der Waals surface area contributed by atoms with Crippen molar-refractivity contribution in [2.75, 3.05) is 27.3 Å². The second-order valence-corrected chi connectivity index (χ2v) is 5.33. The lowest BCUT2D eigenvalue weighted by Crippen LogP contribution is -2.33. The zero-order chi connectivity index (χ0) is 14.7.